The van der Waals surface area contributed by atoms with Crippen molar-refractivity contribution in [2.24, 2.45) is 0 Å². The highest BCUT2D eigenvalue weighted by Crippen LogP contribution is 2.40. The molecule has 0 unspecified atom stereocenters. The summed E-state index contributed by atoms with van der Waals surface area (Å²) in [6, 6.07) is 18.5. The normalized spacial score (nSPS) is 17.3. The number of fused-ring (bicyclic) bond motifs is 3. The summed E-state index contributed by atoms with van der Waals surface area (Å²) in [6.45, 7) is 2.37. The van der Waals surface area contributed by atoms with Gasteiger partial charge in [0.05, 0.1) is 10.9 Å². The van der Waals surface area contributed by atoms with E-state index in [9.17, 15) is 8.42 Å². The van der Waals surface area contributed by atoms with Gasteiger partial charge < -0.3 is 4.98 Å². The summed E-state index contributed by atoms with van der Waals surface area (Å²) < 4.78 is 28.8. The summed E-state index contributed by atoms with van der Waals surface area (Å²) in [5.74, 6) is 0. The Bertz CT molecular complexity index is 1280. The number of aryl methyl sites for hydroxylation is 1. The first-order chi connectivity index (χ1) is 14.1. The van der Waals surface area contributed by atoms with Crippen LogP contribution in [-0.4, -0.2) is 29.2 Å². The molecule has 1 aliphatic heterocycles. The molecule has 5 rings (SSSR count). The van der Waals surface area contributed by atoms with Gasteiger partial charge in [-0.15, -0.1) is 0 Å². The number of sulfonamides is 1. The van der Waals surface area contributed by atoms with Gasteiger partial charge in [0.15, 0.2) is 0 Å². The number of nitrogens with zero attached hydrogens (tertiary/aromatic N) is 2. The van der Waals surface area contributed by atoms with Crippen molar-refractivity contribution in [1.82, 2.24) is 14.3 Å². The van der Waals surface area contributed by atoms with E-state index in [1.165, 1.54) is 5.56 Å². The summed E-state index contributed by atoms with van der Waals surface area (Å²) in [4.78, 5) is 8.06. The molecule has 1 aliphatic rings. The van der Waals surface area contributed by atoms with Crippen molar-refractivity contribution in [2.75, 3.05) is 6.54 Å². The van der Waals surface area contributed by atoms with Gasteiger partial charge in [0, 0.05) is 35.5 Å². The van der Waals surface area contributed by atoms with E-state index in [0.29, 0.717) is 17.9 Å². The summed E-state index contributed by atoms with van der Waals surface area (Å²) >= 11 is 0. The third-order valence-corrected chi connectivity index (χ3v) is 7.50. The van der Waals surface area contributed by atoms with Crippen LogP contribution in [0.1, 0.15) is 28.4 Å². The Labute approximate surface area is 170 Å². The zero-order valence-corrected chi connectivity index (χ0v) is 16.9. The van der Waals surface area contributed by atoms with Crippen LogP contribution in [0.5, 0.6) is 0 Å². The number of hydrogen-bond acceptors (Lipinski definition) is 3. The van der Waals surface area contributed by atoms with E-state index in [0.717, 1.165) is 27.7 Å². The number of aromatic amines is 1. The maximum atomic E-state index is 13.6. The molecule has 0 fully saturated rings. The molecule has 0 aliphatic carbocycles. The summed E-state index contributed by atoms with van der Waals surface area (Å²) in [7, 11) is -3.67. The van der Waals surface area contributed by atoms with E-state index in [1.54, 1.807) is 28.8 Å². The van der Waals surface area contributed by atoms with E-state index in [4.69, 9.17) is 0 Å². The number of hydrogen-bond donors (Lipinski definition) is 1. The van der Waals surface area contributed by atoms with Gasteiger partial charge >= 0.3 is 0 Å². The fraction of sp³-hybridized carbons (Fsp3) is 0.174. The van der Waals surface area contributed by atoms with Crippen LogP contribution in [-0.2, 0) is 16.4 Å². The van der Waals surface area contributed by atoms with Crippen molar-refractivity contribution >= 4 is 20.9 Å². The molecule has 0 spiro atoms. The van der Waals surface area contributed by atoms with E-state index in [-0.39, 0.29) is 0 Å². The molecule has 0 radical (unpaired) electrons. The van der Waals surface area contributed by atoms with Crippen LogP contribution in [0.2, 0.25) is 0 Å². The van der Waals surface area contributed by atoms with Crippen LogP contribution in [0.4, 0.5) is 0 Å². The van der Waals surface area contributed by atoms with Crippen LogP contribution in [0.3, 0.4) is 0 Å². The quantitative estimate of drug-likeness (QED) is 0.557. The first kappa shape index (κ1) is 18.1. The predicted octanol–water partition coefficient (Wildman–Crippen LogP) is 4.21. The van der Waals surface area contributed by atoms with Crippen molar-refractivity contribution in [1.29, 1.82) is 0 Å². The summed E-state index contributed by atoms with van der Waals surface area (Å²) in [6.07, 6.45) is 4.13. The third kappa shape index (κ3) is 2.96. The van der Waals surface area contributed by atoms with Gasteiger partial charge in [-0.1, -0.05) is 42.0 Å². The largest absolute Gasteiger partial charge is 0.357 e. The molecule has 0 amide bonds. The molecule has 2 aromatic heterocycles. The highest BCUT2D eigenvalue weighted by Gasteiger charge is 2.39. The summed E-state index contributed by atoms with van der Waals surface area (Å²) in [5, 5.41) is 1.16. The number of nitrogens with one attached hydrogen (secondary N) is 1. The fourth-order valence-electron chi connectivity index (χ4n) is 4.19. The molecule has 5 nitrogen and oxygen atoms in total. The molecule has 146 valence electrons. The van der Waals surface area contributed by atoms with Gasteiger partial charge in [0.1, 0.15) is 0 Å². The van der Waals surface area contributed by atoms with Crippen LogP contribution < -0.4 is 0 Å². The summed E-state index contributed by atoms with van der Waals surface area (Å²) in [5.41, 5.74) is 5.03. The van der Waals surface area contributed by atoms with Gasteiger partial charge in [-0.05, 0) is 48.7 Å². The Hall–Kier alpha value is -2.96. The SMILES string of the molecule is Cc1ccc(S(=O)(=O)N2CCc3c([nH]c4ccccc34)[C@H]2c2cccnc2)cc1. The van der Waals surface area contributed by atoms with E-state index >= 15 is 0 Å². The smallest absolute Gasteiger partial charge is 0.244 e. The zero-order valence-electron chi connectivity index (χ0n) is 16.0. The minimum atomic E-state index is -3.67. The lowest BCUT2D eigenvalue weighted by atomic mass is 9.95. The van der Waals surface area contributed by atoms with Gasteiger partial charge in [0.2, 0.25) is 10.0 Å². The van der Waals surface area contributed by atoms with Gasteiger partial charge in [-0.3, -0.25) is 4.98 Å². The monoisotopic (exact) mass is 403 g/mol. The third-order valence-electron chi connectivity index (χ3n) is 5.62. The van der Waals surface area contributed by atoms with Gasteiger partial charge in [0.25, 0.3) is 0 Å². The standard InChI is InChI=1S/C23H21N3O2S/c1-16-8-10-18(11-9-16)29(27,28)26-14-12-20-19-6-2-3-7-21(19)25-22(20)23(26)17-5-4-13-24-15-17/h2-11,13,15,23,25H,12,14H2,1H3/t23-/m1/s1. The Balaban J connectivity index is 1.70. The van der Waals surface area contributed by atoms with Crippen molar-refractivity contribution in [3.63, 3.8) is 0 Å². The number of rotatable bonds is 3. The van der Waals surface area contributed by atoms with Crippen LogP contribution in [0.15, 0.2) is 78.0 Å². The molecular weight excluding hydrogens is 382 g/mol. The lowest BCUT2D eigenvalue weighted by molar-refractivity contribution is 0.340. The highest BCUT2D eigenvalue weighted by atomic mass is 32.2. The predicted molar refractivity (Wildman–Crippen MR) is 113 cm³/mol. The first-order valence-corrected chi connectivity index (χ1v) is 11.1. The molecule has 0 saturated carbocycles. The molecule has 0 saturated heterocycles. The molecule has 2 aromatic carbocycles. The van der Waals surface area contributed by atoms with Crippen LogP contribution >= 0.6 is 0 Å². The van der Waals surface area contributed by atoms with E-state index < -0.39 is 16.1 Å². The highest BCUT2D eigenvalue weighted by molar-refractivity contribution is 7.89. The number of pyridine rings is 1. The fourth-order valence-corrected chi connectivity index (χ4v) is 5.78. The van der Waals surface area contributed by atoms with Gasteiger partial charge in [-0.2, -0.15) is 4.31 Å². The molecule has 29 heavy (non-hydrogen) atoms. The maximum absolute atomic E-state index is 13.6. The number of aromatic nitrogens is 2. The topological polar surface area (TPSA) is 66.1 Å². The lowest BCUT2D eigenvalue weighted by Gasteiger charge is -2.35. The minimum absolute atomic E-state index is 0.316. The van der Waals surface area contributed by atoms with Crippen molar-refractivity contribution in [3.05, 3.63) is 95.4 Å². The zero-order chi connectivity index (χ0) is 20.0. The number of para-hydroxylation sites is 1. The molecular formula is C23H21N3O2S. The van der Waals surface area contributed by atoms with Gasteiger partial charge in [-0.25, -0.2) is 8.42 Å². The van der Waals surface area contributed by atoms with Crippen molar-refractivity contribution < 1.29 is 8.42 Å². The van der Waals surface area contributed by atoms with Crippen LogP contribution in [0, 0.1) is 6.92 Å². The molecule has 6 heteroatoms. The molecule has 3 heterocycles. The molecule has 4 aromatic rings. The first-order valence-electron chi connectivity index (χ1n) is 9.63. The van der Waals surface area contributed by atoms with Crippen molar-refractivity contribution in [3.8, 4) is 0 Å². The maximum Gasteiger partial charge on any atom is 0.244 e. The second-order valence-corrected chi connectivity index (χ2v) is 9.32. The van der Waals surface area contributed by atoms with Crippen LogP contribution in [0.25, 0.3) is 10.9 Å². The average Bonchev–Trinajstić information content (AvgIpc) is 3.13. The second kappa shape index (κ2) is 6.83. The van der Waals surface area contributed by atoms with E-state index in [1.807, 2.05) is 49.4 Å². The molecule has 1 N–H and O–H groups in total. The second-order valence-electron chi connectivity index (χ2n) is 7.43. The van der Waals surface area contributed by atoms with Crippen molar-refractivity contribution in [2.45, 2.75) is 24.3 Å². The number of benzene rings is 2. The lowest BCUT2D eigenvalue weighted by Crippen LogP contribution is -2.40. The number of H-pyrrole nitrogens is 1. The van der Waals surface area contributed by atoms with E-state index in [2.05, 4.69) is 16.0 Å². The minimum Gasteiger partial charge on any atom is -0.357 e. The Kier molecular flexibility index (Phi) is 4.26. The molecule has 1 atom stereocenters. The average molecular weight is 404 g/mol. The Morgan fingerprint density at radius 1 is 1.03 bits per heavy atom. The Morgan fingerprint density at radius 2 is 1.83 bits per heavy atom. The molecule has 0 bridgehead atoms. The Morgan fingerprint density at radius 3 is 2.59 bits per heavy atom.